The molecule has 0 spiro atoms. The molecule has 20 heavy (non-hydrogen) atoms. The van der Waals surface area contributed by atoms with Crippen LogP contribution in [0.3, 0.4) is 0 Å². The topological polar surface area (TPSA) is 43.8 Å². The molecule has 108 valence electrons. The minimum absolute atomic E-state index is 0.0214. The summed E-state index contributed by atoms with van der Waals surface area (Å²) >= 11 is 6.34. The van der Waals surface area contributed by atoms with Gasteiger partial charge in [-0.25, -0.2) is 4.98 Å². The number of aromatic nitrogens is 2. The van der Waals surface area contributed by atoms with E-state index >= 15 is 0 Å². The average molecular weight is 292 g/mol. The van der Waals surface area contributed by atoms with Crippen LogP contribution in [-0.4, -0.2) is 16.1 Å². The molecule has 1 saturated carbocycles. The Morgan fingerprint density at radius 1 is 1.25 bits per heavy atom. The van der Waals surface area contributed by atoms with E-state index in [0.29, 0.717) is 6.54 Å². The highest BCUT2D eigenvalue weighted by Crippen LogP contribution is 2.38. The maximum atomic E-state index is 6.34. The van der Waals surface area contributed by atoms with E-state index < -0.39 is 0 Å². The number of aryl methyl sites for hydroxylation is 1. The van der Waals surface area contributed by atoms with Crippen molar-refractivity contribution >= 4 is 22.6 Å². The highest BCUT2D eigenvalue weighted by molar-refractivity contribution is 6.35. The largest absolute Gasteiger partial charge is 0.329 e. The van der Waals surface area contributed by atoms with Crippen LogP contribution in [0, 0.1) is 0 Å². The number of halogens is 1. The van der Waals surface area contributed by atoms with Gasteiger partial charge in [-0.15, -0.1) is 0 Å². The Labute approximate surface area is 125 Å². The van der Waals surface area contributed by atoms with E-state index in [2.05, 4.69) is 11.6 Å². The standard InChI is InChI=1S/C16H22ClN3/c1-20-14-12(17)7-6-8-13(14)19-15(20)16(11-18)9-4-2-3-5-10-16/h6-8H,2-5,9-11,18H2,1H3. The maximum Gasteiger partial charge on any atom is 0.117 e. The van der Waals surface area contributed by atoms with Crippen LogP contribution in [0.1, 0.15) is 44.3 Å². The normalized spacial score (nSPS) is 19.1. The summed E-state index contributed by atoms with van der Waals surface area (Å²) in [5.41, 5.74) is 8.21. The van der Waals surface area contributed by atoms with Gasteiger partial charge in [0.1, 0.15) is 5.82 Å². The smallest absolute Gasteiger partial charge is 0.117 e. The number of para-hydroxylation sites is 1. The summed E-state index contributed by atoms with van der Waals surface area (Å²) in [5, 5.41) is 0.768. The Hall–Kier alpha value is -1.06. The molecular formula is C16H22ClN3. The first-order valence-corrected chi connectivity index (χ1v) is 7.87. The third-order valence-electron chi connectivity index (χ3n) is 4.77. The summed E-state index contributed by atoms with van der Waals surface area (Å²) in [6.07, 6.45) is 7.39. The number of imidazole rings is 1. The third kappa shape index (κ3) is 2.13. The van der Waals surface area contributed by atoms with Crippen molar-refractivity contribution in [2.45, 2.75) is 43.9 Å². The molecule has 2 aromatic rings. The van der Waals surface area contributed by atoms with Crippen LogP contribution in [0.15, 0.2) is 18.2 Å². The van der Waals surface area contributed by atoms with E-state index in [1.54, 1.807) is 0 Å². The molecule has 0 radical (unpaired) electrons. The highest BCUT2D eigenvalue weighted by atomic mass is 35.5. The highest BCUT2D eigenvalue weighted by Gasteiger charge is 2.36. The molecule has 0 bridgehead atoms. The van der Waals surface area contributed by atoms with Gasteiger partial charge in [-0.3, -0.25) is 0 Å². The van der Waals surface area contributed by atoms with Crippen molar-refractivity contribution in [2.75, 3.05) is 6.54 Å². The Morgan fingerprint density at radius 2 is 1.95 bits per heavy atom. The fraction of sp³-hybridized carbons (Fsp3) is 0.562. The van der Waals surface area contributed by atoms with Crippen LogP contribution in [0.2, 0.25) is 5.02 Å². The average Bonchev–Trinajstić information content (AvgIpc) is 2.65. The molecule has 0 amide bonds. The van der Waals surface area contributed by atoms with Crippen LogP contribution in [-0.2, 0) is 12.5 Å². The zero-order valence-electron chi connectivity index (χ0n) is 12.0. The first-order chi connectivity index (χ1) is 9.68. The van der Waals surface area contributed by atoms with Crippen LogP contribution in [0.25, 0.3) is 11.0 Å². The van der Waals surface area contributed by atoms with E-state index in [9.17, 15) is 0 Å². The Bertz CT molecular complexity index is 609. The number of nitrogens with zero attached hydrogens (tertiary/aromatic N) is 2. The van der Waals surface area contributed by atoms with Gasteiger partial charge < -0.3 is 10.3 Å². The lowest BCUT2D eigenvalue weighted by Gasteiger charge is -2.30. The lowest BCUT2D eigenvalue weighted by molar-refractivity contribution is 0.351. The van der Waals surface area contributed by atoms with Gasteiger partial charge in [0, 0.05) is 19.0 Å². The van der Waals surface area contributed by atoms with Gasteiger partial charge >= 0.3 is 0 Å². The van der Waals surface area contributed by atoms with Gasteiger partial charge in [-0.2, -0.15) is 0 Å². The van der Waals surface area contributed by atoms with E-state index in [4.69, 9.17) is 22.3 Å². The van der Waals surface area contributed by atoms with Gasteiger partial charge in [0.05, 0.1) is 16.1 Å². The number of nitrogens with two attached hydrogens (primary N) is 1. The van der Waals surface area contributed by atoms with Crippen LogP contribution >= 0.6 is 11.6 Å². The van der Waals surface area contributed by atoms with Crippen molar-refractivity contribution in [1.29, 1.82) is 0 Å². The fourth-order valence-electron chi connectivity index (χ4n) is 3.62. The van der Waals surface area contributed by atoms with Crippen LogP contribution < -0.4 is 5.73 Å². The van der Waals surface area contributed by atoms with Crippen molar-refractivity contribution in [2.24, 2.45) is 12.8 Å². The first-order valence-electron chi connectivity index (χ1n) is 7.49. The predicted molar refractivity (Wildman–Crippen MR) is 84.2 cm³/mol. The quantitative estimate of drug-likeness (QED) is 0.856. The van der Waals surface area contributed by atoms with Crippen molar-refractivity contribution in [3.05, 3.63) is 29.0 Å². The number of fused-ring (bicyclic) bond motifs is 1. The Morgan fingerprint density at radius 3 is 2.55 bits per heavy atom. The zero-order valence-corrected chi connectivity index (χ0v) is 12.8. The Balaban J connectivity index is 2.16. The molecule has 1 heterocycles. The molecule has 3 nitrogen and oxygen atoms in total. The van der Waals surface area contributed by atoms with Gasteiger partial charge in [-0.1, -0.05) is 43.4 Å². The second-order valence-corrected chi connectivity index (χ2v) is 6.41. The molecule has 0 unspecified atom stereocenters. The van der Waals surface area contributed by atoms with E-state index in [1.165, 1.54) is 25.7 Å². The number of rotatable bonds is 2. The molecule has 1 fully saturated rings. The van der Waals surface area contributed by atoms with Crippen molar-refractivity contribution in [1.82, 2.24) is 9.55 Å². The van der Waals surface area contributed by atoms with Crippen molar-refractivity contribution in [3.63, 3.8) is 0 Å². The molecule has 2 N–H and O–H groups in total. The van der Waals surface area contributed by atoms with Gasteiger partial charge in [0.15, 0.2) is 0 Å². The molecule has 1 aromatic heterocycles. The first kappa shape index (κ1) is 13.9. The molecule has 0 aliphatic heterocycles. The van der Waals surface area contributed by atoms with Gasteiger partial charge in [0.2, 0.25) is 0 Å². The minimum Gasteiger partial charge on any atom is -0.329 e. The second-order valence-electron chi connectivity index (χ2n) is 6.00. The summed E-state index contributed by atoms with van der Waals surface area (Å²) in [6, 6.07) is 5.92. The lowest BCUT2D eigenvalue weighted by atomic mass is 9.79. The number of hydrogen-bond acceptors (Lipinski definition) is 2. The minimum atomic E-state index is 0.0214. The summed E-state index contributed by atoms with van der Waals surface area (Å²) in [6.45, 7) is 0.668. The number of hydrogen-bond donors (Lipinski definition) is 1. The van der Waals surface area contributed by atoms with Crippen molar-refractivity contribution in [3.8, 4) is 0 Å². The van der Waals surface area contributed by atoms with E-state index in [0.717, 1.165) is 34.7 Å². The summed E-state index contributed by atoms with van der Waals surface area (Å²) < 4.78 is 2.16. The van der Waals surface area contributed by atoms with Crippen LogP contribution in [0.4, 0.5) is 0 Å². The lowest BCUT2D eigenvalue weighted by Crippen LogP contribution is -2.37. The number of benzene rings is 1. The molecule has 0 saturated heterocycles. The van der Waals surface area contributed by atoms with Gasteiger partial charge in [-0.05, 0) is 25.0 Å². The van der Waals surface area contributed by atoms with Gasteiger partial charge in [0.25, 0.3) is 0 Å². The van der Waals surface area contributed by atoms with Crippen molar-refractivity contribution < 1.29 is 0 Å². The Kier molecular flexibility index (Phi) is 3.74. The molecule has 1 aromatic carbocycles. The molecular weight excluding hydrogens is 270 g/mol. The molecule has 4 heteroatoms. The van der Waals surface area contributed by atoms with E-state index in [-0.39, 0.29) is 5.41 Å². The molecule has 1 aliphatic carbocycles. The maximum absolute atomic E-state index is 6.34. The zero-order chi connectivity index (χ0) is 14.2. The molecule has 1 aliphatic rings. The van der Waals surface area contributed by atoms with E-state index in [1.807, 2.05) is 18.2 Å². The molecule has 0 atom stereocenters. The summed E-state index contributed by atoms with van der Waals surface area (Å²) in [7, 11) is 2.07. The summed E-state index contributed by atoms with van der Waals surface area (Å²) in [4.78, 5) is 4.88. The molecule has 3 rings (SSSR count). The predicted octanol–water partition coefficient (Wildman–Crippen LogP) is 3.78. The fourth-order valence-corrected chi connectivity index (χ4v) is 3.92. The van der Waals surface area contributed by atoms with Crippen LogP contribution in [0.5, 0.6) is 0 Å². The SMILES string of the molecule is Cn1c(C2(CN)CCCCCC2)nc2cccc(Cl)c21. The monoisotopic (exact) mass is 291 g/mol. The summed E-state index contributed by atoms with van der Waals surface area (Å²) in [5.74, 6) is 1.12. The third-order valence-corrected chi connectivity index (χ3v) is 5.08. The second kappa shape index (κ2) is 5.38.